The van der Waals surface area contributed by atoms with E-state index in [0.717, 1.165) is 16.8 Å². The van der Waals surface area contributed by atoms with Crippen LogP contribution in [0.3, 0.4) is 0 Å². The number of nitro groups is 1. The van der Waals surface area contributed by atoms with Gasteiger partial charge >= 0.3 is 0 Å². The lowest BCUT2D eigenvalue weighted by Crippen LogP contribution is -2.07. The lowest BCUT2D eigenvalue weighted by atomic mass is 10.1. The Balaban J connectivity index is 2.21. The number of aryl methyl sites for hydroxylation is 1. The quantitative estimate of drug-likeness (QED) is 0.626. The summed E-state index contributed by atoms with van der Waals surface area (Å²) in [6.45, 7) is 3.91. The van der Waals surface area contributed by atoms with Gasteiger partial charge in [0, 0.05) is 28.4 Å². The molecule has 2 aromatic carbocycles. The van der Waals surface area contributed by atoms with Gasteiger partial charge in [-0.15, -0.1) is 0 Å². The maximum absolute atomic E-state index is 11.1. The third kappa shape index (κ3) is 3.73. The van der Waals surface area contributed by atoms with Gasteiger partial charge in [0.15, 0.2) is 0 Å². The molecule has 0 aliphatic rings. The largest absolute Gasteiger partial charge is 0.378 e. The van der Waals surface area contributed by atoms with Gasteiger partial charge in [0.05, 0.1) is 4.92 Å². The Morgan fingerprint density at radius 1 is 1.24 bits per heavy atom. The van der Waals surface area contributed by atoms with Gasteiger partial charge in [-0.25, -0.2) is 0 Å². The first-order valence-electron chi connectivity index (χ1n) is 6.80. The van der Waals surface area contributed by atoms with Crippen molar-refractivity contribution in [2.45, 2.75) is 26.3 Å². The molecule has 5 heteroatoms. The van der Waals surface area contributed by atoms with Crippen molar-refractivity contribution in [3.05, 3.63) is 68.7 Å². The standard InChI is InChI=1S/C16H17ClN2O2/c1-3-12-6-9-15(10-16(12)19(20)21)18-11(2)13-4-7-14(17)8-5-13/h4-11,18H,3H2,1-2H3. The van der Waals surface area contributed by atoms with Crippen molar-refractivity contribution in [1.82, 2.24) is 0 Å². The van der Waals surface area contributed by atoms with Crippen LogP contribution in [0, 0.1) is 10.1 Å². The molecule has 0 radical (unpaired) electrons. The van der Waals surface area contributed by atoms with Gasteiger partial charge in [-0.3, -0.25) is 10.1 Å². The van der Waals surface area contributed by atoms with Crippen LogP contribution in [0.1, 0.15) is 31.0 Å². The van der Waals surface area contributed by atoms with E-state index in [4.69, 9.17) is 11.6 Å². The Morgan fingerprint density at radius 2 is 1.90 bits per heavy atom. The van der Waals surface area contributed by atoms with Crippen LogP contribution in [0.4, 0.5) is 11.4 Å². The molecule has 1 atom stereocenters. The molecule has 110 valence electrons. The first kappa shape index (κ1) is 15.3. The van der Waals surface area contributed by atoms with Gasteiger partial charge in [0.1, 0.15) is 0 Å². The van der Waals surface area contributed by atoms with E-state index in [2.05, 4.69) is 5.32 Å². The smallest absolute Gasteiger partial charge is 0.274 e. The molecule has 1 N–H and O–H groups in total. The first-order chi connectivity index (χ1) is 10.0. The molecule has 4 nitrogen and oxygen atoms in total. The second kappa shape index (κ2) is 6.59. The highest BCUT2D eigenvalue weighted by atomic mass is 35.5. The monoisotopic (exact) mass is 304 g/mol. The van der Waals surface area contributed by atoms with Gasteiger partial charge in [0.25, 0.3) is 5.69 Å². The van der Waals surface area contributed by atoms with Gasteiger partial charge < -0.3 is 5.32 Å². The predicted molar refractivity (Wildman–Crippen MR) is 86.0 cm³/mol. The second-order valence-electron chi connectivity index (χ2n) is 4.87. The Bertz CT molecular complexity index is 641. The van der Waals surface area contributed by atoms with Crippen molar-refractivity contribution in [2.24, 2.45) is 0 Å². The molecule has 21 heavy (non-hydrogen) atoms. The van der Waals surface area contributed by atoms with E-state index in [1.165, 1.54) is 0 Å². The van der Waals surface area contributed by atoms with Gasteiger partial charge in [-0.1, -0.05) is 36.7 Å². The minimum Gasteiger partial charge on any atom is -0.378 e. The summed E-state index contributed by atoms with van der Waals surface area (Å²) < 4.78 is 0. The lowest BCUT2D eigenvalue weighted by Gasteiger charge is -2.16. The Hall–Kier alpha value is -2.07. The third-order valence-electron chi connectivity index (χ3n) is 3.42. The molecule has 0 aliphatic carbocycles. The minimum absolute atomic E-state index is 0.0364. The summed E-state index contributed by atoms with van der Waals surface area (Å²) in [4.78, 5) is 10.8. The number of anilines is 1. The van der Waals surface area contributed by atoms with Crippen LogP contribution in [0.5, 0.6) is 0 Å². The highest BCUT2D eigenvalue weighted by molar-refractivity contribution is 6.30. The molecular formula is C16H17ClN2O2. The van der Waals surface area contributed by atoms with Crippen LogP contribution < -0.4 is 5.32 Å². The van der Waals surface area contributed by atoms with Crippen LogP contribution >= 0.6 is 11.6 Å². The van der Waals surface area contributed by atoms with Crippen molar-refractivity contribution >= 4 is 23.0 Å². The van der Waals surface area contributed by atoms with E-state index in [1.807, 2.05) is 44.2 Å². The number of halogens is 1. The zero-order valence-electron chi connectivity index (χ0n) is 12.0. The van der Waals surface area contributed by atoms with E-state index in [9.17, 15) is 10.1 Å². The molecular weight excluding hydrogens is 288 g/mol. The molecule has 1 unspecified atom stereocenters. The summed E-state index contributed by atoms with van der Waals surface area (Å²) in [5, 5.41) is 15.1. The molecule has 0 bridgehead atoms. The van der Waals surface area contributed by atoms with E-state index in [0.29, 0.717) is 11.4 Å². The molecule has 0 aromatic heterocycles. The number of nitro benzene ring substituents is 1. The Morgan fingerprint density at radius 3 is 2.48 bits per heavy atom. The topological polar surface area (TPSA) is 55.2 Å². The maximum Gasteiger partial charge on any atom is 0.274 e. The Kier molecular flexibility index (Phi) is 4.81. The van der Waals surface area contributed by atoms with Gasteiger partial charge in [0.2, 0.25) is 0 Å². The molecule has 2 rings (SSSR count). The van der Waals surface area contributed by atoms with Crippen molar-refractivity contribution in [2.75, 3.05) is 5.32 Å². The van der Waals surface area contributed by atoms with Crippen LogP contribution in [-0.2, 0) is 6.42 Å². The molecule has 0 fully saturated rings. The summed E-state index contributed by atoms with van der Waals surface area (Å²) in [5.74, 6) is 0. The first-order valence-corrected chi connectivity index (χ1v) is 7.18. The predicted octanol–water partition coefficient (Wildman–Crippen LogP) is 4.98. The van der Waals surface area contributed by atoms with Crippen molar-refractivity contribution in [3.63, 3.8) is 0 Å². The molecule has 0 heterocycles. The zero-order valence-corrected chi connectivity index (χ0v) is 12.7. The summed E-state index contributed by atoms with van der Waals surface area (Å²) in [6.07, 6.45) is 0.642. The van der Waals surface area contributed by atoms with Crippen molar-refractivity contribution in [1.29, 1.82) is 0 Å². The molecule has 2 aromatic rings. The summed E-state index contributed by atoms with van der Waals surface area (Å²) >= 11 is 5.87. The number of hydrogen-bond acceptors (Lipinski definition) is 3. The van der Waals surface area contributed by atoms with E-state index in [-0.39, 0.29) is 16.7 Å². The average Bonchev–Trinajstić information content (AvgIpc) is 2.47. The fraction of sp³-hybridized carbons (Fsp3) is 0.250. The van der Waals surface area contributed by atoms with E-state index >= 15 is 0 Å². The van der Waals surface area contributed by atoms with E-state index < -0.39 is 0 Å². The molecule has 0 amide bonds. The summed E-state index contributed by atoms with van der Waals surface area (Å²) in [5.41, 5.74) is 2.71. The SMILES string of the molecule is CCc1ccc(NC(C)c2ccc(Cl)cc2)cc1[N+](=O)[O-]. The highest BCUT2D eigenvalue weighted by Crippen LogP contribution is 2.27. The Labute approximate surface area is 128 Å². The maximum atomic E-state index is 11.1. The number of nitrogens with zero attached hydrogens (tertiary/aromatic N) is 1. The molecule has 0 saturated carbocycles. The third-order valence-corrected chi connectivity index (χ3v) is 3.67. The average molecular weight is 305 g/mol. The summed E-state index contributed by atoms with van der Waals surface area (Å²) in [6, 6.07) is 12.8. The molecule has 0 aliphatic heterocycles. The number of rotatable bonds is 5. The molecule has 0 spiro atoms. The lowest BCUT2D eigenvalue weighted by molar-refractivity contribution is -0.385. The van der Waals surface area contributed by atoms with Crippen LogP contribution in [0.2, 0.25) is 5.02 Å². The fourth-order valence-electron chi connectivity index (χ4n) is 2.21. The zero-order chi connectivity index (χ0) is 15.4. The number of hydrogen-bond donors (Lipinski definition) is 1. The van der Waals surface area contributed by atoms with Crippen molar-refractivity contribution < 1.29 is 4.92 Å². The van der Waals surface area contributed by atoms with Gasteiger partial charge in [-0.2, -0.15) is 0 Å². The summed E-state index contributed by atoms with van der Waals surface area (Å²) in [7, 11) is 0. The second-order valence-corrected chi connectivity index (χ2v) is 5.31. The van der Waals surface area contributed by atoms with Gasteiger partial charge in [-0.05, 0) is 37.1 Å². The fourth-order valence-corrected chi connectivity index (χ4v) is 2.33. The van der Waals surface area contributed by atoms with Crippen LogP contribution in [0.25, 0.3) is 0 Å². The van der Waals surface area contributed by atoms with E-state index in [1.54, 1.807) is 12.1 Å². The van der Waals surface area contributed by atoms with Crippen LogP contribution in [0.15, 0.2) is 42.5 Å². The van der Waals surface area contributed by atoms with Crippen LogP contribution in [-0.4, -0.2) is 4.92 Å². The number of nitrogens with one attached hydrogen (secondary N) is 1. The molecule has 0 saturated heterocycles. The minimum atomic E-state index is -0.336. The van der Waals surface area contributed by atoms with Crippen molar-refractivity contribution in [3.8, 4) is 0 Å². The highest BCUT2D eigenvalue weighted by Gasteiger charge is 2.14. The number of benzene rings is 2. The normalized spacial score (nSPS) is 12.0.